The fourth-order valence-electron chi connectivity index (χ4n) is 5.27. The summed E-state index contributed by atoms with van der Waals surface area (Å²) in [4.78, 5) is 37.2. The number of nitrogens with zero attached hydrogens (tertiary/aromatic N) is 2. The molecule has 8 nitrogen and oxygen atoms in total. The van der Waals surface area contributed by atoms with Crippen LogP contribution < -0.4 is 21.8 Å². The predicted octanol–water partition coefficient (Wildman–Crippen LogP) is 4.16. The first-order valence-electron chi connectivity index (χ1n) is 12.1. The standard InChI is InChI=1S/C26H30N4O4/c27-26(19-8-2-1-3-9-19)14-12-20(13-15-26)30-34-25-28-23(32)22-18(11-10-17-6-4-5-7-17)16-21(31)33-24(22)29-25/h1-3,8-9,16-17H,4-7,10-15,27H2,(H,28,29,32). The molecule has 178 valence electrons. The van der Waals surface area contributed by atoms with Crippen molar-refractivity contribution in [3.8, 4) is 6.01 Å². The molecule has 0 saturated heterocycles. The molecule has 3 aromatic rings. The van der Waals surface area contributed by atoms with Gasteiger partial charge in [0, 0.05) is 11.6 Å². The van der Waals surface area contributed by atoms with Crippen molar-refractivity contribution in [2.45, 2.75) is 69.7 Å². The van der Waals surface area contributed by atoms with Crippen molar-refractivity contribution in [1.82, 2.24) is 9.97 Å². The molecule has 0 radical (unpaired) electrons. The highest BCUT2D eigenvalue weighted by molar-refractivity contribution is 5.85. The van der Waals surface area contributed by atoms with Crippen molar-refractivity contribution in [3.63, 3.8) is 0 Å². The van der Waals surface area contributed by atoms with Crippen molar-refractivity contribution in [3.05, 3.63) is 68.3 Å². The number of hydrogen-bond donors (Lipinski definition) is 2. The predicted molar refractivity (Wildman–Crippen MR) is 130 cm³/mol. The number of aromatic nitrogens is 2. The van der Waals surface area contributed by atoms with Crippen LogP contribution in [-0.2, 0) is 12.0 Å². The fourth-order valence-corrected chi connectivity index (χ4v) is 5.27. The molecule has 0 amide bonds. The summed E-state index contributed by atoms with van der Waals surface area (Å²) in [5.41, 5.74) is 7.98. The first-order chi connectivity index (χ1) is 16.5. The Kier molecular flexibility index (Phi) is 6.32. The molecule has 8 heteroatoms. The van der Waals surface area contributed by atoms with Gasteiger partial charge in [0.2, 0.25) is 5.71 Å². The molecule has 2 aromatic heterocycles. The number of H-pyrrole nitrogens is 1. The van der Waals surface area contributed by atoms with Gasteiger partial charge in [-0.1, -0.05) is 61.2 Å². The summed E-state index contributed by atoms with van der Waals surface area (Å²) in [6, 6.07) is 11.4. The second-order valence-electron chi connectivity index (χ2n) is 9.60. The van der Waals surface area contributed by atoms with E-state index in [0.29, 0.717) is 36.1 Å². The highest BCUT2D eigenvalue weighted by atomic mass is 16.6. The van der Waals surface area contributed by atoms with E-state index in [0.717, 1.165) is 30.5 Å². The Labute approximate surface area is 197 Å². The summed E-state index contributed by atoms with van der Waals surface area (Å²) < 4.78 is 5.23. The van der Waals surface area contributed by atoms with Gasteiger partial charge in [0.15, 0.2) is 0 Å². The summed E-state index contributed by atoms with van der Waals surface area (Å²) in [7, 11) is 0. The van der Waals surface area contributed by atoms with E-state index < -0.39 is 5.63 Å². The quantitative estimate of drug-likeness (QED) is 0.530. The summed E-state index contributed by atoms with van der Waals surface area (Å²) in [5.74, 6) is 0.650. The van der Waals surface area contributed by atoms with Crippen LogP contribution in [0.5, 0.6) is 6.01 Å². The normalized spacial score (nSPS) is 21.1. The molecule has 0 unspecified atom stereocenters. The Hall–Kier alpha value is -3.26. The maximum Gasteiger partial charge on any atom is 0.337 e. The number of oxime groups is 1. The van der Waals surface area contributed by atoms with E-state index in [1.807, 2.05) is 18.2 Å². The lowest BCUT2D eigenvalue weighted by atomic mass is 9.77. The van der Waals surface area contributed by atoms with Gasteiger partial charge in [-0.25, -0.2) is 4.79 Å². The second kappa shape index (κ2) is 9.54. The number of aryl methyl sites for hydroxylation is 1. The maximum absolute atomic E-state index is 12.8. The van der Waals surface area contributed by atoms with Crippen LogP contribution in [-0.4, -0.2) is 15.7 Å². The number of fused-ring (bicyclic) bond motifs is 1. The fraction of sp³-hybridized carbons (Fsp3) is 0.462. The molecule has 1 aromatic carbocycles. The summed E-state index contributed by atoms with van der Waals surface area (Å²) in [6.07, 6.45) is 9.41. The minimum Gasteiger partial charge on any atom is -0.403 e. The van der Waals surface area contributed by atoms with Crippen LogP contribution in [0.1, 0.15) is 68.9 Å². The van der Waals surface area contributed by atoms with Crippen LogP contribution in [0.3, 0.4) is 0 Å². The molecule has 2 aliphatic carbocycles. The Morgan fingerprint density at radius 1 is 1.15 bits per heavy atom. The van der Waals surface area contributed by atoms with Crippen molar-refractivity contribution >= 4 is 16.8 Å². The molecule has 2 saturated carbocycles. The third-order valence-corrected chi connectivity index (χ3v) is 7.30. The SMILES string of the molecule is NC1(c2ccccc2)CCC(=NOc2nc3oc(=O)cc(CCC4CCCC4)c3c(=O)[nH]2)CC1. The van der Waals surface area contributed by atoms with Crippen LogP contribution in [0, 0.1) is 5.92 Å². The van der Waals surface area contributed by atoms with Crippen molar-refractivity contribution < 1.29 is 9.25 Å². The highest BCUT2D eigenvalue weighted by Crippen LogP contribution is 2.34. The summed E-state index contributed by atoms with van der Waals surface area (Å²) in [6.45, 7) is 0. The zero-order valence-corrected chi connectivity index (χ0v) is 19.2. The van der Waals surface area contributed by atoms with Gasteiger partial charge in [-0.2, -0.15) is 4.98 Å². The van der Waals surface area contributed by atoms with Crippen molar-refractivity contribution in [2.75, 3.05) is 0 Å². The lowest BCUT2D eigenvalue weighted by Gasteiger charge is -2.34. The Balaban J connectivity index is 1.30. The largest absolute Gasteiger partial charge is 0.403 e. The molecule has 0 atom stereocenters. The number of benzene rings is 1. The summed E-state index contributed by atoms with van der Waals surface area (Å²) >= 11 is 0. The minimum atomic E-state index is -0.517. The molecule has 0 bridgehead atoms. The van der Waals surface area contributed by atoms with Gasteiger partial charge in [0.05, 0.1) is 5.71 Å². The van der Waals surface area contributed by atoms with Crippen molar-refractivity contribution in [1.29, 1.82) is 0 Å². The lowest BCUT2D eigenvalue weighted by Crippen LogP contribution is -2.40. The van der Waals surface area contributed by atoms with Gasteiger partial charge >= 0.3 is 11.6 Å². The van der Waals surface area contributed by atoms with E-state index >= 15 is 0 Å². The number of rotatable bonds is 6. The first-order valence-corrected chi connectivity index (χ1v) is 12.1. The topological polar surface area (TPSA) is 124 Å². The average molecular weight is 463 g/mol. The molecule has 5 rings (SSSR count). The third kappa shape index (κ3) is 4.82. The van der Waals surface area contributed by atoms with E-state index in [9.17, 15) is 9.59 Å². The van der Waals surface area contributed by atoms with Crippen LogP contribution in [0.4, 0.5) is 0 Å². The monoisotopic (exact) mass is 462 g/mol. The van der Waals surface area contributed by atoms with Crippen LogP contribution in [0.2, 0.25) is 0 Å². The highest BCUT2D eigenvalue weighted by Gasteiger charge is 2.31. The smallest absolute Gasteiger partial charge is 0.337 e. The Morgan fingerprint density at radius 3 is 2.62 bits per heavy atom. The van der Waals surface area contributed by atoms with E-state index in [4.69, 9.17) is 15.0 Å². The van der Waals surface area contributed by atoms with Crippen LogP contribution in [0.25, 0.3) is 11.1 Å². The number of nitrogens with two attached hydrogens (primary N) is 1. The van der Waals surface area contributed by atoms with E-state index in [1.54, 1.807) is 0 Å². The molecule has 2 aliphatic rings. The van der Waals surface area contributed by atoms with E-state index in [-0.39, 0.29) is 22.8 Å². The van der Waals surface area contributed by atoms with Gasteiger partial charge in [-0.05, 0) is 55.6 Å². The first kappa shape index (κ1) is 22.5. The average Bonchev–Trinajstić information content (AvgIpc) is 3.36. The lowest BCUT2D eigenvalue weighted by molar-refractivity contribution is 0.299. The van der Waals surface area contributed by atoms with Gasteiger partial charge in [0.1, 0.15) is 5.39 Å². The van der Waals surface area contributed by atoms with E-state index in [1.165, 1.54) is 31.7 Å². The second-order valence-corrected chi connectivity index (χ2v) is 9.60. The van der Waals surface area contributed by atoms with Gasteiger partial charge < -0.3 is 15.0 Å². The third-order valence-electron chi connectivity index (χ3n) is 7.30. The van der Waals surface area contributed by atoms with Crippen LogP contribution >= 0.6 is 0 Å². The zero-order chi connectivity index (χ0) is 23.5. The molecular weight excluding hydrogens is 432 g/mol. The Bertz CT molecular complexity index is 1300. The number of aromatic amines is 1. The molecule has 3 N–H and O–H groups in total. The minimum absolute atomic E-state index is 0.0124. The van der Waals surface area contributed by atoms with Gasteiger partial charge in [-0.15, -0.1) is 0 Å². The molecule has 2 heterocycles. The van der Waals surface area contributed by atoms with Gasteiger partial charge in [-0.3, -0.25) is 9.78 Å². The molecule has 2 fully saturated rings. The molecule has 0 spiro atoms. The van der Waals surface area contributed by atoms with Gasteiger partial charge in [0.25, 0.3) is 5.56 Å². The molecule has 34 heavy (non-hydrogen) atoms. The number of hydrogen-bond acceptors (Lipinski definition) is 7. The van der Waals surface area contributed by atoms with Crippen LogP contribution in [0.15, 0.2) is 55.6 Å². The summed E-state index contributed by atoms with van der Waals surface area (Å²) in [5, 5.41) is 4.51. The maximum atomic E-state index is 12.8. The number of nitrogens with one attached hydrogen (secondary N) is 1. The van der Waals surface area contributed by atoms with E-state index in [2.05, 4.69) is 27.3 Å². The zero-order valence-electron chi connectivity index (χ0n) is 19.2. The van der Waals surface area contributed by atoms with Crippen molar-refractivity contribution in [2.24, 2.45) is 16.8 Å². The molecular formula is C26H30N4O4. The Morgan fingerprint density at radius 2 is 1.88 bits per heavy atom. The molecule has 0 aliphatic heterocycles.